The molecule has 0 heterocycles. The summed E-state index contributed by atoms with van der Waals surface area (Å²) in [7, 11) is -1.76. The van der Waals surface area contributed by atoms with E-state index in [1.165, 1.54) is 6.42 Å². The molecule has 0 aromatic carbocycles. The largest absolute Gasteiger partial charge is 0.413 e. The van der Waals surface area contributed by atoms with Crippen LogP contribution in [0.15, 0.2) is 0 Å². The first-order chi connectivity index (χ1) is 9.82. The lowest BCUT2D eigenvalue weighted by Crippen LogP contribution is -2.58. The maximum Gasteiger partial charge on any atom is 0.192 e. The van der Waals surface area contributed by atoms with E-state index in [4.69, 9.17) is 4.43 Å². The van der Waals surface area contributed by atoms with Gasteiger partial charge in [0.2, 0.25) is 0 Å². The van der Waals surface area contributed by atoms with Crippen LogP contribution in [0, 0.1) is 16.7 Å². The van der Waals surface area contributed by atoms with Crippen LogP contribution in [0.4, 0.5) is 0 Å². The molecule has 0 radical (unpaired) electrons. The Morgan fingerprint density at radius 2 is 1.73 bits per heavy atom. The predicted octanol–water partition coefficient (Wildman–Crippen LogP) is 5.57. The van der Waals surface area contributed by atoms with Gasteiger partial charge in [-0.25, -0.2) is 0 Å². The van der Waals surface area contributed by atoms with Crippen LogP contribution in [0.1, 0.15) is 73.6 Å². The van der Waals surface area contributed by atoms with Gasteiger partial charge in [-0.05, 0) is 55.1 Å². The van der Waals surface area contributed by atoms with Crippen LogP contribution < -0.4 is 0 Å². The molecular formula is C19H36O2Si. The minimum atomic E-state index is -1.76. The number of carbonyl (C=O) groups is 1. The molecule has 0 bridgehead atoms. The summed E-state index contributed by atoms with van der Waals surface area (Å²) in [6.07, 6.45) is 5.40. The van der Waals surface area contributed by atoms with Crippen LogP contribution in [0.2, 0.25) is 18.1 Å². The molecule has 0 aromatic heterocycles. The number of ketones is 1. The lowest BCUT2D eigenvalue weighted by Gasteiger charge is -2.57. The van der Waals surface area contributed by atoms with Gasteiger partial charge in [0.05, 0.1) is 6.10 Å². The van der Waals surface area contributed by atoms with E-state index in [-0.39, 0.29) is 15.9 Å². The van der Waals surface area contributed by atoms with Gasteiger partial charge in [0.25, 0.3) is 0 Å². The molecule has 128 valence electrons. The van der Waals surface area contributed by atoms with Crippen LogP contribution in [-0.4, -0.2) is 20.2 Å². The standard InChI is InChI=1S/C19H36O2Si/c1-17(2,3)22(7,8)21-16-12-13-19(6)14(18(16,4)5)10-9-11-15(19)20/h14,16H,9-13H2,1-8H3/t14-,16+,19-/m0/s1. The molecule has 2 aliphatic carbocycles. The fourth-order valence-corrected chi connectivity index (χ4v) is 6.03. The van der Waals surface area contributed by atoms with Gasteiger partial charge >= 0.3 is 0 Å². The molecule has 0 aromatic rings. The van der Waals surface area contributed by atoms with Crippen LogP contribution in [-0.2, 0) is 9.22 Å². The molecule has 2 saturated carbocycles. The summed E-state index contributed by atoms with van der Waals surface area (Å²) in [6.45, 7) is 18.6. The van der Waals surface area contributed by atoms with Crippen LogP contribution >= 0.6 is 0 Å². The zero-order valence-corrected chi connectivity index (χ0v) is 17.0. The highest BCUT2D eigenvalue weighted by atomic mass is 28.4. The minimum absolute atomic E-state index is 0.0958. The van der Waals surface area contributed by atoms with Crippen molar-refractivity contribution in [2.75, 3.05) is 0 Å². The Balaban J connectivity index is 2.25. The van der Waals surface area contributed by atoms with Gasteiger partial charge < -0.3 is 4.43 Å². The number of hydrogen-bond donors (Lipinski definition) is 0. The van der Waals surface area contributed by atoms with E-state index in [9.17, 15) is 4.79 Å². The van der Waals surface area contributed by atoms with E-state index in [1.54, 1.807) is 0 Å². The molecule has 3 atom stereocenters. The fourth-order valence-electron chi connectivity index (χ4n) is 4.54. The smallest absolute Gasteiger partial charge is 0.192 e. The summed E-state index contributed by atoms with van der Waals surface area (Å²) >= 11 is 0. The second kappa shape index (κ2) is 5.44. The Hall–Kier alpha value is -0.153. The van der Waals surface area contributed by atoms with Crippen molar-refractivity contribution < 1.29 is 9.22 Å². The molecule has 2 rings (SSSR count). The third kappa shape index (κ3) is 2.84. The van der Waals surface area contributed by atoms with Crippen LogP contribution in [0.25, 0.3) is 0 Å². The van der Waals surface area contributed by atoms with E-state index in [0.717, 1.165) is 25.7 Å². The van der Waals surface area contributed by atoms with Crippen LogP contribution in [0.3, 0.4) is 0 Å². The molecule has 2 aliphatic rings. The Morgan fingerprint density at radius 3 is 2.27 bits per heavy atom. The Kier molecular flexibility index (Phi) is 4.50. The molecule has 0 aliphatic heterocycles. The Labute approximate surface area is 138 Å². The lowest BCUT2D eigenvalue weighted by molar-refractivity contribution is -0.152. The summed E-state index contributed by atoms with van der Waals surface area (Å²) < 4.78 is 6.82. The zero-order valence-electron chi connectivity index (χ0n) is 16.0. The number of carbonyl (C=O) groups excluding carboxylic acids is 1. The maximum atomic E-state index is 12.6. The monoisotopic (exact) mass is 324 g/mol. The third-order valence-corrected chi connectivity index (χ3v) is 11.7. The van der Waals surface area contributed by atoms with Crippen molar-refractivity contribution in [3.05, 3.63) is 0 Å². The first-order valence-electron chi connectivity index (χ1n) is 9.03. The van der Waals surface area contributed by atoms with E-state index in [1.807, 2.05) is 0 Å². The topological polar surface area (TPSA) is 26.3 Å². The fraction of sp³-hybridized carbons (Fsp3) is 0.947. The highest BCUT2D eigenvalue weighted by molar-refractivity contribution is 6.74. The number of fused-ring (bicyclic) bond motifs is 1. The minimum Gasteiger partial charge on any atom is -0.413 e. The molecule has 0 N–H and O–H groups in total. The Morgan fingerprint density at radius 1 is 1.14 bits per heavy atom. The highest BCUT2D eigenvalue weighted by Crippen LogP contribution is 2.57. The predicted molar refractivity (Wildman–Crippen MR) is 95.5 cm³/mol. The van der Waals surface area contributed by atoms with Crippen molar-refractivity contribution in [1.29, 1.82) is 0 Å². The van der Waals surface area contributed by atoms with Gasteiger partial charge in [-0.3, -0.25) is 4.79 Å². The summed E-state index contributed by atoms with van der Waals surface area (Å²) in [4.78, 5) is 12.6. The number of rotatable bonds is 2. The van der Waals surface area contributed by atoms with Crippen molar-refractivity contribution in [1.82, 2.24) is 0 Å². The third-order valence-electron chi connectivity index (χ3n) is 7.20. The zero-order chi connectivity index (χ0) is 17.0. The summed E-state index contributed by atoms with van der Waals surface area (Å²) in [5.41, 5.74) is -0.00631. The van der Waals surface area contributed by atoms with Crippen molar-refractivity contribution in [3.63, 3.8) is 0 Å². The van der Waals surface area contributed by atoms with Crippen molar-refractivity contribution in [2.24, 2.45) is 16.7 Å². The van der Waals surface area contributed by atoms with Gasteiger partial charge in [-0.15, -0.1) is 0 Å². The first kappa shape index (κ1) is 18.2. The second-order valence-electron chi connectivity index (χ2n) is 10.0. The molecule has 2 fully saturated rings. The quantitative estimate of drug-likeness (QED) is 0.620. The second-order valence-corrected chi connectivity index (χ2v) is 14.8. The van der Waals surface area contributed by atoms with E-state index in [2.05, 4.69) is 54.6 Å². The number of hydrogen-bond acceptors (Lipinski definition) is 2. The van der Waals surface area contributed by atoms with Gasteiger partial charge in [-0.2, -0.15) is 0 Å². The maximum absolute atomic E-state index is 12.6. The summed E-state index contributed by atoms with van der Waals surface area (Å²) in [5, 5.41) is 0.242. The molecule has 0 spiro atoms. The molecule has 0 amide bonds. The van der Waals surface area contributed by atoms with Gasteiger partial charge in [0, 0.05) is 11.8 Å². The average molecular weight is 325 g/mol. The van der Waals surface area contributed by atoms with Crippen molar-refractivity contribution in [3.8, 4) is 0 Å². The summed E-state index contributed by atoms with van der Waals surface area (Å²) in [5.74, 6) is 0.979. The average Bonchev–Trinajstić information content (AvgIpc) is 2.34. The molecule has 22 heavy (non-hydrogen) atoms. The first-order valence-corrected chi connectivity index (χ1v) is 11.9. The molecule has 2 nitrogen and oxygen atoms in total. The Bertz CT molecular complexity index is 447. The van der Waals surface area contributed by atoms with Gasteiger partial charge in [0.1, 0.15) is 5.78 Å². The number of Topliss-reactive ketones (excluding diaryl/α,β-unsaturated/α-hetero) is 1. The van der Waals surface area contributed by atoms with Gasteiger partial charge in [0.15, 0.2) is 8.32 Å². The normalized spacial score (nSPS) is 36.1. The SMILES string of the molecule is CC1(C)[C@H](O[Si](C)(C)C(C)(C)C)CC[C@]2(C)C(=O)CCC[C@@H]12. The highest BCUT2D eigenvalue weighted by Gasteiger charge is 2.57. The van der Waals surface area contributed by atoms with E-state index >= 15 is 0 Å². The van der Waals surface area contributed by atoms with Crippen molar-refractivity contribution >= 4 is 14.1 Å². The molecule has 3 heteroatoms. The molecular weight excluding hydrogens is 288 g/mol. The van der Waals surface area contributed by atoms with Crippen LogP contribution in [0.5, 0.6) is 0 Å². The summed E-state index contributed by atoms with van der Waals surface area (Å²) in [6, 6.07) is 0. The van der Waals surface area contributed by atoms with E-state index < -0.39 is 8.32 Å². The van der Waals surface area contributed by atoms with Gasteiger partial charge in [-0.1, -0.05) is 41.5 Å². The van der Waals surface area contributed by atoms with E-state index in [0.29, 0.717) is 17.8 Å². The molecule has 0 unspecified atom stereocenters. The van der Waals surface area contributed by atoms with Crippen molar-refractivity contribution in [2.45, 2.75) is 97.9 Å². The molecule has 0 saturated heterocycles. The lowest BCUT2D eigenvalue weighted by atomic mass is 9.50.